The van der Waals surface area contributed by atoms with Crippen molar-refractivity contribution >= 4 is 39.1 Å². The van der Waals surface area contributed by atoms with Gasteiger partial charge in [-0.25, -0.2) is 8.42 Å². The lowest BCUT2D eigenvalue weighted by Gasteiger charge is -2.25. The molecule has 0 spiro atoms. The summed E-state index contributed by atoms with van der Waals surface area (Å²) >= 11 is 7.73. The topological polar surface area (TPSA) is 63.2 Å². The number of carbonyl (C=O) groups excluding carboxylic acids is 1. The molecule has 0 saturated heterocycles. The zero-order valence-electron chi connectivity index (χ0n) is 13.4. The number of nitrogens with one attached hydrogen (secondary N) is 1. The van der Waals surface area contributed by atoms with Crippen LogP contribution in [0.25, 0.3) is 0 Å². The van der Waals surface area contributed by atoms with Crippen LogP contribution in [0.3, 0.4) is 0 Å². The number of halogens is 1. The molecule has 1 heterocycles. The summed E-state index contributed by atoms with van der Waals surface area (Å²) in [6, 6.07) is 14.2. The number of thioether (sulfide) groups is 1. The standard InChI is InChI=1S/C18H18ClNO3S2/c19-14-6-2-4-8-17(14)25(22,23)12-10-18(21)20-15-9-11-24-16-7-3-1-5-13(15)16/h1-8,15H,9-12H2,(H,20,21). The molecule has 0 aliphatic carbocycles. The van der Waals surface area contributed by atoms with Gasteiger partial charge in [-0.15, -0.1) is 11.8 Å². The first-order valence-electron chi connectivity index (χ1n) is 7.96. The fourth-order valence-corrected chi connectivity index (χ4v) is 5.73. The third kappa shape index (κ3) is 4.37. The summed E-state index contributed by atoms with van der Waals surface area (Å²) in [6.45, 7) is 0. The van der Waals surface area contributed by atoms with Crippen molar-refractivity contribution in [3.05, 3.63) is 59.1 Å². The Morgan fingerprint density at radius 3 is 2.68 bits per heavy atom. The average Bonchev–Trinajstić information content (AvgIpc) is 2.61. The van der Waals surface area contributed by atoms with Gasteiger partial charge in [-0.05, 0) is 30.2 Å². The number of fused-ring (bicyclic) bond motifs is 1. The maximum Gasteiger partial charge on any atom is 0.221 e. The minimum Gasteiger partial charge on any atom is -0.349 e. The number of benzene rings is 2. The number of rotatable bonds is 5. The summed E-state index contributed by atoms with van der Waals surface area (Å²) in [6.07, 6.45) is 0.754. The Balaban J connectivity index is 1.64. The molecule has 0 aromatic heterocycles. The van der Waals surface area contributed by atoms with Crippen molar-refractivity contribution in [2.45, 2.75) is 28.7 Å². The number of hydrogen-bond donors (Lipinski definition) is 1. The minimum atomic E-state index is -3.58. The quantitative estimate of drug-likeness (QED) is 0.834. The van der Waals surface area contributed by atoms with Crippen LogP contribution in [-0.4, -0.2) is 25.8 Å². The number of hydrogen-bond acceptors (Lipinski definition) is 4. The molecule has 0 bridgehead atoms. The van der Waals surface area contributed by atoms with Gasteiger partial charge in [0, 0.05) is 17.1 Å². The molecule has 1 atom stereocenters. The highest BCUT2D eigenvalue weighted by Crippen LogP contribution is 2.35. The predicted octanol–water partition coefficient (Wildman–Crippen LogP) is 3.86. The molecule has 0 fully saturated rings. The normalized spacial score (nSPS) is 16.9. The monoisotopic (exact) mass is 395 g/mol. The smallest absolute Gasteiger partial charge is 0.221 e. The van der Waals surface area contributed by atoms with Crippen LogP contribution in [-0.2, 0) is 14.6 Å². The van der Waals surface area contributed by atoms with Crippen LogP contribution in [0.2, 0.25) is 5.02 Å². The Hall–Kier alpha value is -1.50. The lowest BCUT2D eigenvalue weighted by Crippen LogP contribution is -2.31. The Morgan fingerprint density at radius 2 is 1.88 bits per heavy atom. The van der Waals surface area contributed by atoms with E-state index in [4.69, 9.17) is 11.6 Å². The van der Waals surface area contributed by atoms with Gasteiger partial charge in [0.05, 0.1) is 21.7 Å². The van der Waals surface area contributed by atoms with Crippen molar-refractivity contribution < 1.29 is 13.2 Å². The third-order valence-electron chi connectivity index (χ3n) is 4.06. The van der Waals surface area contributed by atoms with Gasteiger partial charge >= 0.3 is 0 Å². The van der Waals surface area contributed by atoms with Crippen molar-refractivity contribution in [1.82, 2.24) is 5.32 Å². The molecular weight excluding hydrogens is 378 g/mol. The van der Waals surface area contributed by atoms with Gasteiger partial charge in [0.15, 0.2) is 9.84 Å². The molecule has 2 aromatic rings. The first-order chi connectivity index (χ1) is 12.0. The Morgan fingerprint density at radius 1 is 1.16 bits per heavy atom. The number of amides is 1. The Labute approximate surface area is 156 Å². The average molecular weight is 396 g/mol. The van der Waals surface area contributed by atoms with E-state index in [2.05, 4.69) is 5.32 Å². The zero-order valence-corrected chi connectivity index (χ0v) is 15.8. The van der Waals surface area contributed by atoms with E-state index in [1.807, 2.05) is 24.3 Å². The van der Waals surface area contributed by atoms with Gasteiger partial charge in [-0.2, -0.15) is 0 Å². The molecule has 1 aliphatic rings. The molecule has 7 heteroatoms. The van der Waals surface area contributed by atoms with Crippen LogP contribution >= 0.6 is 23.4 Å². The summed E-state index contributed by atoms with van der Waals surface area (Å²) in [4.78, 5) is 13.5. The van der Waals surface area contributed by atoms with Crippen molar-refractivity contribution in [2.24, 2.45) is 0 Å². The lowest BCUT2D eigenvalue weighted by atomic mass is 10.0. The van der Waals surface area contributed by atoms with Gasteiger partial charge in [-0.3, -0.25) is 4.79 Å². The molecule has 3 rings (SSSR count). The summed E-state index contributed by atoms with van der Waals surface area (Å²) in [5.41, 5.74) is 1.10. The van der Waals surface area contributed by atoms with Crippen LogP contribution in [0.5, 0.6) is 0 Å². The first-order valence-corrected chi connectivity index (χ1v) is 11.0. The van der Waals surface area contributed by atoms with Gasteiger partial charge in [0.2, 0.25) is 5.91 Å². The zero-order chi connectivity index (χ0) is 17.9. The van der Waals surface area contributed by atoms with E-state index >= 15 is 0 Å². The third-order valence-corrected chi connectivity index (χ3v) is 7.40. The van der Waals surface area contributed by atoms with Gasteiger partial charge in [0.1, 0.15) is 0 Å². The molecule has 0 saturated carbocycles. The number of carbonyl (C=O) groups is 1. The Kier molecular flexibility index (Phi) is 5.71. The van der Waals surface area contributed by atoms with Crippen molar-refractivity contribution in [3.63, 3.8) is 0 Å². The van der Waals surface area contributed by atoms with E-state index in [-0.39, 0.29) is 34.0 Å². The molecule has 1 amide bonds. The second-order valence-corrected chi connectivity index (χ2v) is 9.42. The number of sulfone groups is 1. The van der Waals surface area contributed by atoms with Crippen LogP contribution in [0.1, 0.15) is 24.4 Å². The van der Waals surface area contributed by atoms with Crippen molar-refractivity contribution in [2.75, 3.05) is 11.5 Å². The fraction of sp³-hybridized carbons (Fsp3) is 0.278. The summed E-state index contributed by atoms with van der Waals surface area (Å²) in [5.74, 6) is 0.410. The van der Waals surface area contributed by atoms with Crippen LogP contribution in [0.4, 0.5) is 0 Å². The molecule has 25 heavy (non-hydrogen) atoms. The molecule has 132 valence electrons. The van der Waals surface area contributed by atoms with Crippen molar-refractivity contribution in [3.8, 4) is 0 Å². The molecule has 4 nitrogen and oxygen atoms in total. The molecule has 0 radical (unpaired) electrons. The highest BCUT2D eigenvalue weighted by molar-refractivity contribution is 7.99. The van der Waals surface area contributed by atoms with E-state index in [0.717, 1.165) is 17.7 Å². The maximum atomic E-state index is 12.4. The fourth-order valence-electron chi connectivity index (χ4n) is 2.79. The van der Waals surface area contributed by atoms with Gasteiger partial charge in [-0.1, -0.05) is 41.9 Å². The van der Waals surface area contributed by atoms with E-state index in [1.54, 1.807) is 23.9 Å². The van der Waals surface area contributed by atoms with Crippen LogP contribution < -0.4 is 5.32 Å². The summed E-state index contributed by atoms with van der Waals surface area (Å²) in [7, 11) is -3.58. The molecular formula is C18H18ClNO3S2. The molecule has 1 unspecified atom stereocenters. The second-order valence-electron chi connectivity index (χ2n) is 5.79. The minimum absolute atomic E-state index is 0.0621. The maximum absolute atomic E-state index is 12.4. The van der Waals surface area contributed by atoms with E-state index in [1.165, 1.54) is 17.0 Å². The van der Waals surface area contributed by atoms with E-state index in [0.29, 0.717) is 0 Å². The Bertz CT molecular complexity index is 883. The second kappa shape index (κ2) is 7.81. The van der Waals surface area contributed by atoms with Crippen molar-refractivity contribution in [1.29, 1.82) is 0 Å². The van der Waals surface area contributed by atoms with Crippen LogP contribution in [0, 0.1) is 0 Å². The lowest BCUT2D eigenvalue weighted by molar-refractivity contribution is -0.121. The predicted molar refractivity (Wildman–Crippen MR) is 101 cm³/mol. The summed E-state index contributed by atoms with van der Waals surface area (Å²) in [5, 5.41) is 3.15. The molecule has 1 N–H and O–H groups in total. The van der Waals surface area contributed by atoms with E-state index in [9.17, 15) is 13.2 Å². The SMILES string of the molecule is O=C(CCS(=O)(=O)c1ccccc1Cl)NC1CCSc2ccccc21. The van der Waals surface area contributed by atoms with Gasteiger partial charge < -0.3 is 5.32 Å². The first kappa shape index (κ1) is 18.3. The van der Waals surface area contributed by atoms with E-state index < -0.39 is 9.84 Å². The highest BCUT2D eigenvalue weighted by Gasteiger charge is 2.24. The summed E-state index contributed by atoms with van der Waals surface area (Å²) < 4.78 is 24.8. The van der Waals surface area contributed by atoms with Gasteiger partial charge in [0.25, 0.3) is 0 Å². The molecule has 1 aliphatic heterocycles. The highest BCUT2D eigenvalue weighted by atomic mass is 35.5. The molecule has 2 aromatic carbocycles. The van der Waals surface area contributed by atoms with Crippen LogP contribution in [0.15, 0.2) is 58.3 Å². The largest absolute Gasteiger partial charge is 0.349 e.